The Balaban J connectivity index is 1.82. The lowest BCUT2D eigenvalue weighted by Gasteiger charge is -2.10. The van der Waals surface area contributed by atoms with E-state index in [1.807, 2.05) is 31.2 Å². The van der Waals surface area contributed by atoms with Gasteiger partial charge in [0.25, 0.3) is 5.91 Å². The summed E-state index contributed by atoms with van der Waals surface area (Å²) in [6.45, 7) is 5.69. The van der Waals surface area contributed by atoms with E-state index in [9.17, 15) is 9.59 Å². The molecular weight excluding hydrogens is 340 g/mol. The molecule has 0 atom stereocenters. The van der Waals surface area contributed by atoms with Gasteiger partial charge in [0.15, 0.2) is 6.61 Å². The number of aryl methyl sites for hydroxylation is 3. The summed E-state index contributed by atoms with van der Waals surface area (Å²) < 4.78 is 5.04. The van der Waals surface area contributed by atoms with Crippen molar-refractivity contribution in [3.63, 3.8) is 0 Å². The number of ether oxygens (including phenoxy) is 1. The maximum Gasteiger partial charge on any atom is 0.342 e. The predicted octanol–water partition coefficient (Wildman–Crippen LogP) is 3.18. The Hall–Kier alpha value is -2.40. The fourth-order valence-electron chi connectivity index (χ4n) is 2.52. The molecule has 2 rings (SSSR count). The molecule has 0 radical (unpaired) electrons. The van der Waals surface area contributed by atoms with Crippen molar-refractivity contribution >= 4 is 23.5 Å². The van der Waals surface area contributed by atoms with Gasteiger partial charge in [-0.1, -0.05) is 35.9 Å². The van der Waals surface area contributed by atoms with E-state index in [1.54, 1.807) is 19.9 Å². The van der Waals surface area contributed by atoms with Crippen LogP contribution in [0.25, 0.3) is 0 Å². The molecule has 132 valence electrons. The van der Waals surface area contributed by atoms with Crippen LogP contribution in [-0.4, -0.2) is 30.0 Å². The first-order chi connectivity index (χ1) is 11.9. The third kappa shape index (κ3) is 5.29. The van der Waals surface area contributed by atoms with Crippen LogP contribution in [0.3, 0.4) is 0 Å². The van der Waals surface area contributed by atoms with Crippen LogP contribution in [0.15, 0.2) is 30.3 Å². The highest BCUT2D eigenvalue weighted by Gasteiger charge is 2.18. The van der Waals surface area contributed by atoms with Crippen molar-refractivity contribution < 1.29 is 14.3 Å². The van der Waals surface area contributed by atoms with Gasteiger partial charge in [0.05, 0.1) is 5.56 Å². The van der Waals surface area contributed by atoms with Gasteiger partial charge in [-0.05, 0) is 49.9 Å². The average molecular weight is 361 g/mol. The molecule has 0 aliphatic rings. The van der Waals surface area contributed by atoms with Crippen LogP contribution in [0, 0.1) is 20.8 Å². The van der Waals surface area contributed by atoms with E-state index in [0.29, 0.717) is 17.8 Å². The van der Waals surface area contributed by atoms with Gasteiger partial charge in [0, 0.05) is 12.2 Å². The Morgan fingerprint density at radius 1 is 1.16 bits per heavy atom. The van der Waals surface area contributed by atoms with Crippen LogP contribution in [0.1, 0.15) is 32.7 Å². The van der Waals surface area contributed by atoms with E-state index in [-0.39, 0.29) is 23.2 Å². The maximum absolute atomic E-state index is 12.1. The Bertz CT molecular complexity index is 767. The minimum absolute atomic E-state index is 0.0856. The van der Waals surface area contributed by atoms with Gasteiger partial charge >= 0.3 is 5.97 Å². The number of carbonyl (C=O) groups excluding carboxylic acids is 2. The monoisotopic (exact) mass is 360 g/mol. The summed E-state index contributed by atoms with van der Waals surface area (Å²) in [6, 6.07) is 9.74. The fourth-order valence-corrected chi connectivity index (χ4v) is 2.88. The number of esters is 1. The van der Waals surface area contributed by atoms with Crippen LogP contribution >= 0.6 is 11.6 Å². The number of hydrogen-bond donors (Lipinski definition) is 1. The molecule has 0 saturated carbocycles. The summed E-state index contributed by atoms with van der Waals surface area (Å²) in [6.07, 6.45) is 0.721. The van der Waals surface area contributed by atoms with Crippen molar-refractivity contribution in [2.45, 2.75) is 27.2 Å². The quantitative estimate of drug-likeness (QED) is 0.634. The van der Waals surface area contributed by atoms with Crippen LogP contribution in [0.2, 0.25) is 5.15 Å². The van der Waals surface area contributed by atoms with Crippen molar-refractivity contribution in [1.29, 1.82) is 0 Å². The van der Waals surface area contributed by atoms with Gasteiger partial charge in [-0.15, -0.1) is 0 Å². The molecule has 0 aliphatic heterocycles. The molecule has 25 heavy (non-hydrogen) atoms. The van der Waals surface area contributed by atoms with Gasteiger partial charge < -0.3 is 10.1 Å². The second-order valence-electron chi connectivity index (χ2n) is 5.85. The molecule has 0 saturated heterocycles. The first-order valence-electron chi connectivity index (χ1n) is 8.00. The van der Waals surface area contributed by atoms with Crippen LogP contribution in [0.5, 0.6) is 0 Å². The molecule has 6 heteroatoms. The molecule has 0 aliphatic carbocycles. The largest absolute Gasteiger partial charge is 0.452 e. The van der Waals surface area contributed by atoms with Gasteiger partial charge in [-0.2, -0.15) is 0 Å². The summed E-state index contributed by atoms with van der Waals surface area (Å²) in [5.41, 5.74) is 3.93. The average Bonchev–Trinajstić information content (AvgIpc) is 2.54. The maximum atomic E-state index is 12.1. The number of benzene rings is 1. The van der Waals surface area contributed by atoms with Crippen molar-refractivity contribution in [2.24, 2.45) is 0 Å². The van der Waals surface area contributed by atoms with Crippen molar-refractivity contribution in [3.8, 4) is 0 Å². The Morgan fingerprint density at radius 2 is 1.88 bits per heavy atom. The van der Waals surface area contributed by atoms with Crippen molar-refractivity contribution in [3.05, 3.63) is 63.4 Å². The smallest absolute Gasteiger partial charge is 0.342 e. The summed E-state index contributed by atoms with van der Waals surface area (Å²) in [5.74, 6) is -1.00. The van der Waals surface area contributed by atoms with Gasteiger partial charge in [0.2, 0.25) is 0 Å². The lowest BCUT2D eigenvalue weighted by atomic mass is 10.1. The van der Waals surface area contributed by atoms with Crippen molar-refractivity contribution in [1.82, 2.24) is 10.3 Å². The molecule has 1 aromatic carbocycles. The molecule has 1 aromatic heterocycles. The summed E-state index contributed by atoms with van der Waals surface area (Å²) in [4.78, 5) is 28.0. The molecule has 0 bridgehead atoms. The number of carbonyl (C=O) groups is 2. The summed E-state index contributed by atoms with van der Waals surface area (Å²) in [7, 11) is 0. The fraction of sp³-hybridized carbons (Fsp3) is 0.316. The molecule has 5 nitrogen and oxygen atoms in total. The topological polar surface area (TPSA) is 68.3 Å². The highest BCUT2D eigenvalue weighted by molar-refractivity contribution is 6.32. The number of halogens is 1. The van der Waals surface area contributed by atoms with Crippen LogP contribution in [-0.2, 0) is 16.0 Å². The first kappa shape index (κ1) is 18.9. The second kappa shape index (κ2) is 8.62. The number of amides is 1. The zero-order valence-electron chi connectivity index (χ0n) is 14.6. The number of nitrogens with one attached hydrogen (secondary N) is 1. The third-order valence-electron chi connectivity index (χ3n) is 3.82. The van der Waals surface area contributed by atoms with Crippen LogP contribution < -0.4 is 5.32 Å². The lowest BCUT2D eigenvalue weighted by Crippen LogP contribution is -2.30. The standard InChI is InChI=1S/C19H21ClN2O3/c1-12-6-4-5-7-15(12)8-9-21-16(23)11-25-19(24)17-13(2)10-14(3)22-18(17)20/h4-7,10H,8-9,11H2,1-3H3,(H,21,23). The number of aromatic nitrogens is 1. The van der Waals surface area contributed by atoms with E-state index in [4.69, 9.17) is 16.3 Å². The lowest BCUT2D eigenvalue weighted by molar-refractivity contribution is -0.124. The number of hydrogen-bond acceptors (Lipinski definition) is 4. The number of nitrogens with zero attached hydrogens (tertiary/aromatic N) is 1. The minimum Gasteiger partial charge on any atom is -0.452 e. The van der Waals surface area contributed by atoms with E-state index < -0.39 is 5.97 Å². The zero-order valence-corrected chi connectivity index (χ0v) is 15.3. The number of pyridine rings is 1. The molecule has 2 aromatic rings. The van der Waals surface area contributed by atoms with Gasteiger partial charge in [0.1, 0.15) is 5.15 Å². The number of rotatable bonds is 6. The molecule has 0 spiro atoms. The van der Waals surface area contributed by atoms with Crippen molar-refractivity contribution in [2.75, 3.05) is 13.2 Å². The highest BCUT2D eigenvalue weighted by atomic mass is 35.5. The second-order valence-corrected chi connectivity index (χ2v) is 6.21. The van der Waals surface area contributed by atoms with Crippen LogP contribution in [0.4, 0.5) is 0 Å². The Kier molecular flexibility index (Phi) is 6.53. The molecule has 1 amide bonds. The Morgan fingerprint density at radius 3 is 2.56 bits per heavy atom. The first-order valence-corrected chi connectivity index (χ1v) is 8.38. The normalized spacial score (nSPS) is 10.4. The van der Waals surface area contributed by atoms with E-state index in [1.165, 1.54) is 11.1 Å². The SMILES string of the molecule is Cc1cc(C)c(C(=O)OCC(=O)NCCc2ccccc2C)c(Cl)n1. The Labute approximate surface area is 152 Å². The molecular formula is C19H21ClN2O3. The summed E-state index contributed by atoms with van der Waals surface area (Å²) >= 11 is 6.00. The van der Waals surface area contributed by atoms with E-state index >= 15 is 0 Å². The third-order valence-corrected chi connectivity index (χ3v) is 4.09. The molecule has 1 N–H and O–H groups in total. The van der Waals surface area contributed by atoms with Gasteiger partial charge in [-0.3, -0.25) is 4.79 Å². The van der Waals surface area contributed by atoms with E-state index in [0.717, 1.165) is 6.42 Å². The van der Waals surface area contributed by atoms with Gasteiger partial charge in [-0.25, -0.2) is 9.78 Å². The highest BCUT2D eigenvalue weighted by Crippen LogP contribution is 2.19. The zero-order chi connectivity index (χ0) is 18.4. The molecule has 0 fully saturated rings. The molecule has 1 heterocycles. The summed E-state index contributed by atoms with van der Waals surface area (Å²) in [5, 5.41) is 2.82. The predicted molar refractivity (Wildman–Crippen MR) is 96.9 cm³/mol. The minimum atomic E-state index is -0.649. The van der Waals surface area contributed by atoms with E-state index in [2.05, 4.69) is 10.3 Å². The molecule has 0 unspecified atom stereocenters.